The first-order valence-electron chi connectivity index (χ1n) is 10.8. The molecule has 1 aliphatic heterocycles. The van der Waals surface area contributed by atoms with E-state index in [1.165, 1.54) is 37.9 Å². The van der Waals surface area contributed by atoms with Gasteiger partial charge >= 0.3 is 0 Å². The smallest absolute Gasteiger partial charge is 0.191 e. The van der Waals surface area contributed by atoms with Crippen molar-refractivity contribution in [2.75, 3.05) is 51.8 Å². The minimum Gasteiger partial charge on any atom is -0.383 e. The number of hydrogen-bond acceptors (Lipinski definition) is 4. The molecule has 1 unspecified atom stereocenters. The van der Waals surface area contributed by atoms with Gasteiger partial charge in [0.25, 0.3) is 0 Å². The van der Waals surface area contributed by atoms with Crippen LogP contribution in [0.5, 0.6) is 0 Å². The molecule has 3 N–H and O–H groups in total. The fourth-order valence-corrected chi connectivity index (χ4v) is 3.52. The lowest BCUT2D eigenvalue weighted by Gasteiger charge is -2.33. The lowest BCUT2D eigenvalue weighted by molar-refractivity contribution is 0.159. The van der Waals surface area contributed by atoms with E-state index in [4.69, 9.17) is 9.73 Å². The lowest BCUT2D eigenvalue weighted by Crippen LogP contribution is -2.41. The summed E-state index contributed by atoms with van der Waals surface area (Å²) >= 11 is 0. The predicted octanol–water partition coefficient (Wildman–Crippen LogP) is 3.06. The Morgan fingerprint density at radius 3 is 2.71 bits per heavy atom. The molecule has 0 aliphatic carbocycles. The Hall–Kier alpha value is -1.79. The van der Waals surface area contributed by atoms with E-state index in [0.717, 1.165) is 43.7 Å². The third kappa shape index (κ3) is 8.48. The second-order valence-corrected chi connectivity index (χ2v) is 7.47. The van der Waals surface area contributed by atoms with Crippen molar-refractivity contribution in [3.8, 4) is 0 Å². The van der Waals surface area contributed by atoms with Gasteiger partial charge in [-0.25, -0.2) is 4.99 Å². The third-order valence-electron chi connectivity index (χ3n) is 5.21. The number of guanidine groups is 1. The molecule has 1 saturated heterocycles. The standard InChI is InChI=1S/C22H39N5O/c1-4-23-22(25-13-7-16-27-15-6-5-8-19(27)2)26-18-20-9-11-21(12-10-20)24-14-17-28-3/h9-12,19,24H,4-8,13-18H2,1-3H3,(H2,23,25,26). The largest absolute Gasteiger partial charge is 0.383 e. The van der Waals surface area contributed by atoms with Crippen LogP contribution in [0.2, 0.25) is 0 Å². The zero-order chi connectivity index (χ0) is 20.0. The van der Waals surface area contributed by atoms with E-state index in [9.17, 15) is 0 Å². The highest BCUT2D eigenvalue weighted by Crippen LogP contribution is 2.16. The summed E-state index contributed by atoms with van der Waals surface area (Å²) in [6, 6.07) is 9.18. The Bertz CT molecular complexity index is 561. The van der Waals surface area contributed by atoms with Crippen LogP contribution in [0.25, 0.3) is 0 Å². The van der Waals surface area contributed by atoms with E-state index < -0.39 is 0 Å². The Balaban J connectivity index is 1.73. The molecule has 0 amide bonds. The first-order chi connectivity index (χ1) is 13.7. The zero-order valence-corrected chi connectivity index (χ0v) is 18.0. The van der Waals surface area contributed by atoms with Gasteiger partial charge in [-0.15, -0.1) is 0 Å². The maximum atomic E-state index is 5.06. The maximum Gasteiger partial charge on any atom is 0.191 e. The van der Waals surface area contributed by atoms with E-state index in [-0.39, 0.29) is 0 Å². The SMILES string of the molecule is CCNC(=NCc1ccc(NCCOC)cc1)NCCCN1CCCCC1C. The number of hydrogen-bond donors (Lipinski definition) is 3. The van der Waals surface area contributed by atoms with Crippen LogP contribution in [0.3, 0.4) is 0 Å². The minimum absolute atomic E-state index is 0.677. The molecule has 1 aliphatic rings. The summed E-state index contributed by atoms with van der Waals surface area (Å²) in [4.78, 5) is 7.35. The number of anilines is 1. The van der Waals surface area contributed by atoms with Gasteiger partial charge in [0.05, 0.1) is 13.2 Å². The summed E-state index contributed by atoms with van der Waals surface area (Å²) in [5.41, 5.74) is 2.32. The van der Waals surface area contributed by atoms with Crippen molar-refractivity contribution in [3.63, 3.8) is 0 Å². The molecule has 1 aromatic rings. The number of nitrogens with zero attached hydrogens (tertiary/aromatic N) is 2. The summed E-state index contributed by atoms with van der Waals surface area (Å²) in [6.07, 6.45) is 5.23. The molecule has 6 nitrogen and oxygen atoms in total. The summed E-state index contributed by atoms with van der Waals surface area (Å²) in [5.74, 6) is 0.900. The maximum absolute atomic E-state index is 5.06. The molecule has 1 fully saturated rings. The van der Waals surface area contributed by atoms with E-state index in [2.05, 4.69) is 59.0 Å². The molecule has 28 heavy (non-hydrogen) atoms. The number of rotatable bonds is 11. The van der Waals surface area contributed by atoms with Crippen LogP contribution >= 0.6 is 0 Å². The number of likely N-dealkylation sites (tertiary alicyclic amines) is 1. The summed E-state index contributed by atoms with van der Waals surface area (Å²) in [6.45, 7) is 10.9. The number of benzene rings is 1. The fourth-order valence-electron chi connectivity index (χ4n) is 3.52. The molecule has 1 aromatic carbocycles. The Morgan fingerprint density at radius 1 is 1.18 bits per heavy atom. The van der Waals surface area contributed by atoms with Crippen LogP contribution in [-0.2, 0) is 11.3 Å². The third-order valence-corrected chi connectivity index (χ3v) is 5.21. The van der Waals surface area contributed by atoms with Gasteiger partial charge < -0.3 is 25.6 Å². The quantitative estimate of drug-likeness (QED) is 0.308. The van der Waals surface area contributed by atoms with Gasteiger partial charge in [-0.2, -0.15) is 0 Å². The average molecular weight is 390 g/mol. The van der Waals surface area contributed by atoms with Crippen LogP contribution in [0.4, 0.5) is 5.69 Å². The van der Waals surface area contributed by atoms with Gasteiger partial charge in [0.2, 0.25) is 0 Å². The van der Waals surface area contributed by atoms with Crippen LogP contribution in [-0.4, -0.2) is 63.3 Å². The van der Waals surface area contributed by atoms with Gasteiger partial charge in [-0.3, -0.25) is 0 Å². The normalized spacial score (nSPS) is 18.1. The van der Waals surface area contributed by atoms with Crippen LogP contribution in [0.15, 0.2) is 29.3 Å². The predicted molar refractivity (Wildman–Crippen MR) is 119 cm³/mol. The van der Waals surface area contributed by atoms with Crippen molar-refractivity contribution in [2.45, 2.75) is 52.1 Å². The van der Waals surface area contributed by atoms with Crippen molar-refractivity contribution in [1.29, 1.82) is 0 Å². The van der Waals surface area contributed by atoms with Gasteiger partial charge in [0.15, 0.2) is 5.96 Å². The molecular weight excluding hydrogens is 350 g/mol. The highest BCUT2D eigenvalue weighted by Gasteiger charge is 2.17. The number of methoxy groups -OCH3 is 1. The highest BCUT2D eigenvalue weighted by molar-refractivity contribution is 5.79. The molecule has 0 saturated carbocycles. The van der Waals surface area contributed by atoms with Gasteiger partial charge in [-0.05, 0) is 57.4 Å². The molecule has 0 radical (unpaired) electrons. The van der Waals surface area contributed by atoms with Gasteiger partial charge in [0, 0.05) is 45.0 Å². The van der Waals surface area contributed by atoms with Crippen molar-refractivity contribution in [1.82, 2.24) is 15.5 Å². The Kier molecular flexibility index (Phi) is 10.8. The van der Waals surface area contributed by atoms with E-state index in [0.29, 0.717) is 13.2 Å². The molecule has 2 rings (SSSR count). The zero-order valence-electron chi connectivity index (χ0n) is 18.0. The summed E-state index contributed by atoms with van der Waals surface area (Å²) in [5, 5.41) is 10.2. The highest BCUT2D eigenvalue weighted by atomic mass is 16.5. The first-order valence-corrected chi connectivity index (χ1v) is 10.8. The monoisotopic (exact) mass is 389 g/mol. The molecule has 0 bridgehead atoms. The average Bonchev–Trinajstić information content (AvgIpc) is 2.71. The topological polar surface area (TPSA) is 60.9 Å². The van der Waals surface area contributed by atoms with Crippen LogP contribution in [0.1, 0.15) is 45.1 Å². The Labute approximate surface area is 171 Å². The van der Waals surface area contributed by atoms with Crippen molar-refractivity contribution < 1.29 is 4.74 Å². The number of nitrogens with one attached hydrogen (secondary N) is 3. The van der Waals surface area contributed by atoms with Crippen molar-refractivity contribution >= 4 is 11.6 Å². The van der Waals surface area contributed by atoms with E-state index in [1.54, 1.807) is 7.11 Å². The molecule has 1 heterocycles. The molecular formula is C22H39N5O. The van der Waals surface area contributed by atoms with Gasteiger partial charge in [0.1, 0.15) is 0 Å². The van der Waals surface area contributed by atoms with Crippen LogP contribution < -0.4 is 16.0 Å². The molecule has 0 aromatic heterocycles. The number of piperidine rings is 1. The Morgan fingerprint density at radius 2 is 2.00 bits per heavy atom. The molecule has 158 valence electrons. The number of aliphatic imine (C=N–C) groups is 1. The second kappa shape index (κ2) is 13.4. The second-order valence-electron chi connectivity index (χ2n) is 7.47. The minimum atomic E-state index is 0.677. The first kappa shape index (κ1) is 22.5. The van der Waals surface area contributed by atoms with Crippen molar-refractivity contribution in [3.05, 3.63) is 29.8 Å². The van der Waals surface area contributed by atoms with E-state index >= 15 is 0 Å². The summed E-state index contributed by atoms with van der Waals surface area (Å²) in [7, 11) is 1.72. The molecule has 0 spiro atoms. The lowest BCUT2D eigenvalue weighted by atomic mass is 10.0. The molecule has 1 atom stereocenters. The van der Waals surface area contributed by atoms with Crippen molar-refractivity contribution in [2.24, 2.45) is 4.99 Å². The van der Waals surface area contributed by atoms with Crippen LogP contribution in [0, 0.1) is 0 Å². The fraction of sp³-hybridized carbons (Fsp3) is 0.682. The van der Waals surface area contributed by atoms with E-state index in [1.807, 2.05) is 0 Å². The molecule has 6 heteroatoms. The van der Waals surface area contributed by atoms with Gasteiger partial charge in [-0.1, -0.05) is 18.6 Å². The summed E-state index contributed by atoms with van der Waals surface area (Å²) < 4.78 is 5.06. The number of ether oxygens (including phenoxy) is 1.